The molecule has 4 aromatic rings. The average molecular weight is 396 g/mol. The number of carbonyl (C=O) groups excluding carboxylic acids is 1. The van der Waals surface area contributed by atoms with E-state index in [1.165, 1.54) is 6.08 Å². The molecule has 0 radical (unpaired) electrons. The van der Waals surface area contributed by atoms with Crippen molar-refractivity contribution in [1.29, 1.82) is 0 Å². The summed E-state index contributed by atoms with van der Waals surface area (Å²) in [5, 5.41) is 1.59. The Morgan fingerprint density at radius 1 is 1.13 bits per heavy atom. The molecule has 0 aliphatic carbocycles. The van der Waals surface area contributed by atoms with Gasteiger partial charge in [-0.3, -0.25) is 14.6 Å². The van der Waals surface area contributed by atoms with Crippen LogP contribution in [0.1, 0.15) is 18.2 Å². The Morgan fingerprint density at radius 3 is 2.90 bits per heavy atom. The predicted octanol–water partition coefficient (Wildman–Crippen LogP) is 3.64. The smallest absolute Gasteiger partial charge is 0.258 e. The normalized spacial score (nSPS) is 16.3. The molecular formula is C24H20N4O2. The van der Waals surface area contributed by atoms with Crippen LogP contribution in [0.2, 0.25) is 0 Å². The van der Waals surface area contributed by atoms with Gasteiger partial charge in [0.05, 0.1) is 16.4 Å². The second kappa shape index (κ2) is 7.22. The molecule has 1 saturated heterocycles. The Kier molecular flexibility index (Phi) is 4.39. The van der Waals surface area contributed by atoms with Gasteiger partial charge in [0.15, 0.2) is 0 Å². The zero-order valence-corrected chi connectivity index (χ0v) is 16.3. The van der Waals surface area contributed by atoms with Crippen LogP contribution in [0.3, 0.4) is 0 Å². The van der Waals surface area contributed by atoms with Gasteiger partial charge in [-0.25, -0.2) is 4.98 Å². The van der Waals surface area contributed by atoms with Gasteiger partial charge in [0.1, 0.15) is 5.82 Å². The summed E-state index contributed by atoms with van der Waals surface area (Å²) in [6.45, 7) is 4.73. The number of pyridine rings is 1. The lowest BCUT2D eigenvalue weighted by Crippen LogP contribution is -2.26. The highest BCUT2D eigenvalue weighted by molar-refractivity contribution is 5.96. The number of likely N-dealkylation sites (tertiary alicyclic amines) is 1. The molecule has 6 heteroatoms. The number of benzene rings is 2. The second-order valence-corrected chi connectivity index (χ2v) is 7.53. The van der Waals surface area contributed by atoms with Gasteiger partial charge < -0.3 is 9.88 Å². The molecule has 1 aliphatic rings. The summed E-state index contributed by atoms with van der Waals surface area (Å²) in [4.78, 5) is 38.5. The summed E-state index contributed by atoms with van der Waals surface area (Å²) in [6, 6.07) is 15.7. The number of aromatic nitrogens is 3. The van der Waals surface area contributed by atoms with Crippen molar-refractivity contribution in [3.8, 4) is 11.1 Å². The molecule has 1 fully saturated rings. The van der Waals surface area contributed by atoms with Crippen molar-refractivity contribution in [3.05, 3.63) is 83.6 Å². The van der Waals surface area contributed by atoms with Crippen LogP contribution in [0.25, 0.3) is 32.9 Å². The van der Waals surface area contributed by atoms with Crippen molar-refractivity contribution in [2.75, 3.05) is 13.1 Å². The first-order valence-corrected chi connectivity index (χ1v) is 9.93. The Balaban J connectivity index is 1.55. The van der Waals surface area contributed by atoms with Crippen molar-refractivity contribution in [2.45, 2.75) is 12.3 Å². The van der Waals surface area contributed by atoms with Gasteiger partial charge in [-0.2, -0.15) is 0 Å². The van der Waals surface area contributed by atoms with Crippen molar-refractivity contribution in [2.24, 2.45) is 0 Å². The van der Waals surface area contributed by atoms with Gasteiger partial charge in [-0.15, -0.1) is 0 Å². The minimum Gasteiger partial charge on any atom is -0.338 e. The fraction of sp³-hybridized carbons (Fsp3) is 0.167. The lowest BCUT2D eigenvalue weighted by Gasteiger charge is -2.14. The largest absolute Gasteiger partial charge is 0.338 e. The van der Waals surface area contributed by atoms with Gasteiger partial charge in [-0.05, 0) is 47.9 Å². The van der Waals surface area contributed by atoms with E-state index >= 15 is 0 Å². The lowest BCUT2D eigenvalue weighted by molar-refractivity contribution is -0.125. The van der Waals surface area contributed by atoms with Gasteiger partial charge in [0.25, 0.3) is 5.56 Å². The summed E-state index contributed by atoms with van der Waals surface area (Å²) >= 11 is 0. The molecule has 1 atom stereocenters. The molecule has 1 N–H and O–H groups in total. The minimum atomic E-state index is -0.163. The highest BCUT2D eigenvalue weighted by Gasteiger charge is 2.28. The van der Waals surface area contributed by atoms with E-state index in [-0.39, 0.29) is 17.4 Å². The van der Waals surface area contributed by atoms with E-state index in [9.17, 15) is 9.59 Å². The van der Waals surface area contributed by atoms with E-state index in [1.807, 2.05) is 48.5 Å². The van der Waals surface area contributed by atoms with Crippen LogP contribution < -0.4 is 5.56 Å². The molecule has 2 aromatic carbocycles. The van der Waals surface area contributed by atoms with E-state index < -0.39 is 0 Å². The second-order valence-electron chi connectivity index (χ2n) is 7.53. The third kappa shape index (κ3) is 3.06. The maximum absolute atomic E-state index is 12.9. The van der Waals surface area contributed by atoms with Gasteiger partial charge >= 0.3 is 0 Å². The zero-order valence-electron chi connectivity index (χ0n) is 16.3. The molecule has 1 unspecified atom stereocenters. The number of rotatable bonds is 3. The maximum atomic E-state index is 12.9. The van der Waals surface area contributed by atoms with Crippen LogP contribution in [-0.2, 0) is 4.79 Å². The van der Waals surface area contributed by atoms with Crippen LogP contribution >= 0.6 is 0 Å². The molecule has 0 spiro atoms. The van der Waals surface area contributed by atoms with Gasteiger partial charge in [0, 0.05) is 30.6 Å². The Morgan fingerprint density at radius 2 is 2.03 bits per heavy atom. The zero-order chi connectivity index (χ0) is 20.7. The number of nitrogens with one attached hydrogen (secondary N) is 1. The summed E-state index contributed by atoms with van der Waals surface area (Å²) < 4.78 is 0. The molecule has 1 aliphatic heterocycles. The first-order valence-electron chi connectivity index (χ1n) is 9.93. The minimum absolute atomic E-state index is 0.0230. The Labute approximate surface area is 172 Å². The summed E-state index contributed by atoms with van der Waals surface area (Å²) in [7, 11) is 0. The number of H-pyrrole nitrogens is 1. The number of aromatic amines is 1. The maximum Gasteiger partial charge on any atom is 0.258 e. The summed E-state index contributed by atoms with van der Waals surface area (Å²) in [6.07, 6.45) is 3.87. The van der Waals surface area contributed by atoms with Crippen LogP contribution in [0.15, 0.2) is 72.2 Å². The van der Waals surface area contributed by atoms with E-state index in [1.54, 1.807) is 11.1 Å². The topological polar surface area (TPSA) is 79.0 Å². The van der Waals surface area contributed by atoms with Crippen molar-refractivity contribution >= 4 is 27.7 Å². The van der Waals surface area contributed by atoms with Crippen molar-refractivity contribution < 1.29 is 4.79 Å². The van der Waals surface area contributed by atoms with Crippen LogP contribution in [-0.4, -0.2) is 38.8 Å². The predicted molar refractivity (Wildman–Crippen MR) is 117 cm³/mol. The number of fused-ring (bicyclic) bond motifs is 2. The molecule has 148 valence electrons. The first-order chi connectivity index (χ1) is 14.6. The SMILES string of the molecule is C=CC(=O)N1CCC(c2nc3ccc(-c4cccc5ncccc45)cc3c(=O)[nH]2)C1. The van der Waals surface area contributed by atoms with E-state index in [4.69, 9.17) is 4.98 Å². The van der Waals surface area contributed by atoms with Gasteiger partial charge in [-0.1, -0.05) is 30.8 Å². The molecule has 2 aromatic heterocycles. The number of hydrogen-bond donors (Lipinski definition) is 1. The Hall–Kier alpha value is -3.80. The van der Waals surface area contributed by atoms with Crippen molar-refractivity contribution in [3.63, 3.8) is 0 Å². The highest BCUT2D eigenvalue weighted by Crippen LogP contribution is 2.30. The standard InChI is InChI=1S/C24H20N4O2/c1-2-22(29)28-12-10-16(14-28)23-26-21-9-8-15(13-19(21)24(30)27-23)17-5-3-7-20-18(17)6-4-11-25-20/h2-9,11,13,16H,1,10,12,14H2,(H,26,27,30). The average Bonchev–Trinajstić information content (AvgIpc) is 3.28. The fourth-order valence-corrected chi connectivity index (χ4v) is 4.19. The van der Waals surface area contributed by atoms with Crippen LogP contribution in [0.5, 0.6) is 0 Å². The molecule has 6 nitrogen and oxygen atoms in total. The van der Waals surface area contributed by atoms with E-state index in [0.29, 0.717) is 29.8 Å². The lowest BCUT2D eigenvalue weighted by atomic mass is 9.99. The van der Waals surface area contributed by atoms with Crippen molar-refractivity contribution in [1.82, 2.24) is 19.9 Å². The fourth-order valence-electron chi connectivity index (χ4n) is 4.19. The van der Waals surface area contributed by atoms with E-state index in [2.05, 4.69) is 16.5 Å². The molecule has 0 saturated carbocycles. The third-order valence-electron chi connectivity index (χ3n) is 5.74. The van der Waals surface area contributed by atoms with Crippen LogP contribution in [0, 0.1) is 0 Å². The quantitative estimate of drug-likeness (QED) is 0.536. The number of hydrogen-bond acceptors (Lipinski definition) is 4. The molecule has 3 heterocycles. The highest BCUT2D eigenvalue weighted by atomic mass is 16.2. The number of amides is 1. The molecular weight excluding hydrogens is 376 g/mol. The van der Waals surface area contributed by atoms with Gasteiger partial charge in [0.2, 0.25) is 5.91 Å². The van der Waals surface area contributed by atoms with E-state index in [0.717, 1.165) is 28.5 Å². The third-order valence-corrected chi connectivity index (χ3v) is 5.74. The number of nitrogens with zero attached hydrogens (tertiary/aromatic N) is 3. The molecule has 1 amide bonds. The monoisotopic (exact) mass is 396 g/mol. The molecule has 5 rings (SSSR count). The summed E-state index contributed by atoms with van der Waals surface area (Å²) in [5.74, 6) is 0.568. The molecule has 0 bridgehead atoms. The molecule has 30 heavy (non-hydrogen) atoms. The summed E-state index contributed by atoms with van der Waals surface area (Å²) in [5.41, 5.74) is 3.38. The van der Waals surface area contributed by atoms with Crippen LogP contribution in [0.4, 0.5) is 0 Å². The Bertz CT molecular complexity index is 1350. The first kappa shape index (κ1) is 18.2. The number of carbonyl (C=O) groups is 1.